The predicted molar refractivity (Wildman–Crippen MR) is 364 cm³/mol. The lowest BCUT2D eigenvalue weighted by Gasteiger charge is -2.25. The Morgan fingerprint density at radius 3 is 1.00 bits per heavy atom. The summed E-state index contributed by atoms with van der Waals surface area (Å²) in [4.78, 5) is 37.6. The number of ether oxygens (including phenoxy) is 4. The first-order valence-electron chi connectivity index (χ1n) is 34.0. The van der Waals surface area contributed by atoms with E-state index in [1.54, 1.807) is 0 Å². The number of carboxylic acids is 1. The van der Waals surface area contributed by atoms with Gasteiger partial charge in [0.05, 0.1) is 34.4 Å². The van der Waals surface area contributed by atoms with Crippen molar-refractivity contribution in [1.29, 1.82) is 0 Å². The lowest BCUT2D eigenvalue weighted by molar-refractivity contribution is -0.870. The van der Waals surface area contributed by atoms with Crippen molar-refractivity contribution in [2.75, 3.05) is 47.5 Å². The van der Waals surface area contributed by atoms with Gasteiger partial charge in [0, 0.05) is 12.8 Å². The monoisotopic (exact) mass is 1180 g/mol. The highest BCUT2D eigenvalue weighted by Crippen LogP contribution is 2.15. The molecule has 9 nitrogen and oxygen atoms in total. The third kappa shape index (κ3) is 66.5. The molecule has 2 atom stereocenters. The highest BCUT2D eigenvalue weighted by molar-refractivity contribution is 5.71. The van der Waals surface area contributed by atoms with Crippen molar-refractivity contribution in [1.82, 2.24) is 0 Å². The highest BCUT2D eigenvalue weighted by Gasteiger charge is 2.25. The molecule has 0 saturated carbocycles. The minimum Gasteiger partial charge on any atom is -0.477 e. The first-order chi connectivity index (χ1) is 41.6. The van der Waals surface area contributed by atoms with Crippen LogP contribution in [0.25, 0.3) is 0 Å². The van der Waals surface area contributed by atoms with Gasteiger partial charge in [-0.3, -0.25) is 9.59 Å². The second-order valence-electron chi connectivity index (χ2n) is 23.4. The largest absolute Gasteiger partial charge is 0.477 e. The van der Waals surface area contributed by atoms with Crippen LogP contribution in [0.5, 0.6) is 0 Å². The molecule has 2 unspecified atom stereocenters. The standard InChI is InChI=1S/C76H125NO8/c1-6-8-10-12-14-16-18-20-22-24-26-28-29-30-31-32-33-34-35-36-37-38-39-40-41-42-43-44-45-47-49-51-53-55-57-59-61-63-65-67-74(79)85-72(71-84-76(75(80)81)82-69-68-77(3,4)5)70-83-73(78)66-64-62-60-58-56-54-52-50-48-46-27-25-23-21-19-17-15-13-11-9-7-2/h8,10,14,16,19-22,25-28,30-31,33-34,36-37,39-40,42-43,48,50,72,76H,6-7,9,11-13,15,17-18,23-24,29,32,35,38,41,44-47,49,51-71H2,1-5H3/p+1/b10-8-,16-14-,21-19-,22-20-,27-25-,28-26-,31-30-,34-33-,37-36-,40-39-,43-42-,50-48-. The van der Waals surface area contributed by atoms with Gasteiger partial charge in [0.2, 0.25) is 0 Å². The number of hydrogen-bond acceptors (Lipinski definition) is 7. The molecule has 0 aliphatic rings. The van der Waals surface area contributed by atoms with Crippen LogP contribution in [-0.4, -0.2) is 87.4 Å². The summed E-state index contributed by atoms with van der Waals surface area (Å²) in [5.41, 5.74) is 0. The van der Waals surface area contributed by atoms with Gasteiger partial charge in [-0.05, 0) is 122 Å². The van der Waals surface area contributed by atoms with E-state index in [2.05, 4.69) is 160 Å². The van der Waals surface area contributed by atoms with Gasteiger partial charge in [0.15, 0.2) is 6.10 Å². The van der Waals surface area contributed by atoms with Crippen molar-refractivity contribution in [3.05, 3.63) is 146 Å². The number of hydrogen-bond donors (Lipinski definition) is 1. The van der Waals surface area contributed by atoms with E-state index in [0.29, 0.717) is 17.4 Å². The molecule has 0 heterocycles. The molecule has 0 fully saturated rings. The van der Waals surface area contributed by atoms with E-state index in [0.717, 1.165) is 128 Å². The van der Waals surface area contributed by atoms with Crippen LogP contribution in [0.3, 0.4) is 0 Å². The average Bonchev–Trinajstić information content (AvgIpc) is 3.49. The smallest absolute Gasteiger partial charge is 0.361 e. The second-order valence-corrected chi connectivity index (χ2v) is 23.4. The first-order valence-corrected chi connectivity index (χ1v) is 34.0. The Hall–Kier alpha value is -4.83. The number of quaternary nitrogens is 1. The van der Waals surface area contributed by atoms with Gasteiger partial charge >= 0.3 is 17.9 Å². The Bertz CT molecular complexity index is 1900. The Balaban J connectivity index is 4.18. The van der Waals surface area contributed by atoms with Crippen molar-refractivity contribution in [2.24, 2.45) is 0 Å². The van der Waals surface area contributed by atoms with Crippen LogP contribution in [0, 0.1) is 0 Å². The Morgan fingerprint density at radius 1 is 0.365 bits per heavy atom. The van der Waals surface area contributed by atoms with Gasteiger partial charge in [0.1, 0.15) is 13.2 Å². The summed E-state index contributed by atoms with van der Waals surface area (Å²) in [5.74, 6) is -2.03. The normalized spacial score (nSPS) is 13.7. The number of carbonyl (C=O) groups is 3. The number of unbranched alkanes of at least 4 members (excludes halogenated alkanes) is 22. The van der Waals surface area contributed by atoms with Crippen molar-refractivity contribution >= 4 is 17.9 Å². The van der Waals surface area contributed by atoms with Gasteiger partial charge < -0.3 is 28.5 Å². The van der Waals surface area contributed by atoms with Crippen LogP contribution in [-0.2, 0) is 33.3 Å². The SMILES string of the molecule is CC/C=C\C/C=C\C/C=C\C/C=C\C/C=C\C/C=C\C/C=C\C/C=C\C/C=C\CCCCCCCCCCCCCC(=O)OC(COC(=O)CCCCCCCC/C=C\C/C=C\C/C=C\CCCCCCC)COC(OCC[N+](C)(C)C)C(=O)O. The zero-order chi connectivity index (χ0) is 61.9. The molecule has 0 spiro atoms. The minimum absolute atomic E-state index is 0.178. The predicted octanol–water partition coefficient (Wildman–Crippen LogP) is 21.1. The number of likely N-dealkylation sites (N-methyl/N-ethyl adjacent to an activating group) is 1. The molecule has 0 aliphatic carbocycles. The van der Waals surface area contributed by atoms with E-state index in [9.17, 15) is 19.5 Å². The zero-order valence-corrected chi connectivity index (χ0v) is 55.0. The van der Waals surface area contributed by atoms with E-state index in [1.807, 2.05) is 21.1 Å². The van der Waals surface area contributed by atoms with Crippen LogP contribution >= 0.6 is 0 Å². The molecule has 9 heteroatoms. The highest BCUT2D eigenvalue weighted by atomic mass is 16.7. The van der Waals surface area contributed by atoms with E-state index in [1.165, 1.54) is 96.3 Å². The maximum absolute atomic E-state index is 12.9. The third-order valence-corrected chi connectivity index (χ3v) is 14.1. The molecule has 85 heavy (non-hydrogen) atoms. The summed E-state index contributed by atoms with van der Waals surface area (Å²) in [6.07, 6.45) is 92.3. The molecule has 0 bridgehead atoms. The van der Waals surface area contributed by atoms with Crippen LogP contribution in [0.4, 0.5) is 0 Å². The lowest BCUT2D eigenvalue weighted by Crippen LogP contribution is -2.40. The van der Waals surface area contributed by atoms with Gasteiger partial charge in [-0.1, -0.05) is 269 Å². The fourth-order valence-corrected chi connectivity index (χ4v) is 8.90. The second kappa shape index (κ2) is 65.2. The summed E-state index contributed by atoms with van der Waals surface area (Å²) in [7, 11) is 5.96. The summed E-state index contributed by atoms with van der Waals surface area (Å²) in [6, 6.07) is 0. The molecular formula is C76H126NO8+. The van der Waals surface area contributed by atoms with Crippen LogP contribution in [0.2, 0.25) is 0 Å². The number of carbonyl (C=O) groups excluding carboxylic acids is 2. The van der Waals surface area contributed by atoms with Crippen LogP contribution < -0.4 is 0 Å². The van der Waals surface area contributed by atoms with Crippen molar-refractivity contribution in [3.63, 3.8) is 0 Å². The van der Waals surface area contributed by atoms with Crippen molar-refractivity contribution < 1.29 is 42.9 Å². The fourth-order valence-electron chi connectivity index (χ4n) is 8.90. The topological polar surface area (TPSA) is 108 Å². The average molecular weight is 1180 g/mol. The Kier molecular flexibility index (Phi) is 61.4. The van der Waals surface area contributed by atoms with Gasteiger partial charge in [-0.15, -0.1) is 0 Å². The molecule has 0 aromatic carbocycles. The Morgan fingerprint density at radius 2 is 0.671 bits per heavy atom. The number of allylic oxidation sites excluding steroid dienone is 24. The van der Waals surface area contributed by atoms with Gasteiger partial charge in [-0.25, -0.2) is 4.79 Å². The Labute approximate surface area is 522 Å². The lowest BCUT2D eigenvalue weighted by atomic mass is 10.0. The molecule has 1 N–H and O–H groups in total. The molecule has 0 aromatic rings. The van der Waals surface area contributed by atoms with E-state index < -0.39 is 24.3 Å². The summed E-state index contributed by atoms with van der Waals surface area (Å²) in [5, 5.41) is 9.73. The quantitative estimate of drug-likeness (QED) is 0.0211. The minimum atomic E-state index is -1.52. The fraction of sp³-hybridized carbons (Fsp3) is 0.645. The third-order valence-electron chi connectivity index (χ3n) is 14.1. The molecule has 482 valence electrons. The molecule has 0 radical (unpaired) electrons. The molecule has 0 saturated heterocycles. The zero-order valence-electron chi connectivity index (χ0n) is 55.0. The molecular weight excluding hydrogens is 1050 g/mol. The van der Waals surface area contributed by atoms with Gasteiger partial charge in [-0.2, -0.15) is 0 Å². The number of carboxylic acid groups (broad SMARTS) is 1. The molecule has 0 rings (SSSR count). The maximum Gasteiger partial charge on any atom is 0.361 e. The van der Waals surface area contributed by atoms with Crippen molar-refractivity contribution in [3.8, 4) is 0 Å². The summed E-state index contributed by atoms with van der Waals surface area (Å²) < 4.78 is 22.9. The van der Waals surface area contributed by atoms with Crippen LogP contribution in [0.15, 0.2) is 146 Å². The van der Waals surface area contributed by atoms with E-state index >= 15 is 0 Å². The summed E-state index contributed by atoms with van der Waals surface area (Å²) in [6.45, 7) is 4.73. The van der Waals surface area contributed by atoms with E-state index in [-0.39, 0.29) is 38.6 Å². The van der Waals surface area contributed by atoms with Crippen molar-refractivity contribution in [2.45, 2.75) is 270 Å². The number of rotatable bonds is 61. The van der Waals surface area contributed by atoms with E-state index in [4.69, 9.17) is 18.9 Å². The molecule has 0 amide bonds. The molecule has 0 aliphatic heterocycles. The number of nitrogens with zero attached hydrogens (tertiary/aromatic N) is 1. The molecule has 0 aromatic heterocycles. The first kappa shape index (κ1) is 80.2. The van der Waals surface area contributed by atoms with Crippen LogP contribution in [0.1, 0.15) is 258 Å². The van der Waals surface area contributed by atoms with Gasteiger partial charge in [0.25, 0.3) is 6.29 Å². The summed E-state index contributed by atoms with van der Waals surface area (Å²) >= 11 is 0. The number of aliphatic carboxylic acids is 1. The maximum atomic E-state index is 12.9. The number of esters is 2.